The normalized spacial score (nSPS) is 14.5. The molecule has 1 atom stereocenters. The molecule has 4 heteroatoms. The molecular formula is C13H17N3O. The summed E-state index contributed by atoms with van der Waals surface area (Å²) in [6.45, 7) is 3.81. The van der Waals surface area contributed by atoms with Crippen molar-refractivity contribution in [3.63, 3.8) is 0 Å². The molecule has 90 valence electrons. The Morgan fingerprint density at radius 2 is 2.00 bits per heavy atom. The van der Waals surface area contributed by atoms with Gasteiger partial charge in [-0.15, -0.1) is 0 Å². The van der Waals surface area contributed by atoms with E-state index in [1.165, 1.54) is 5.56 Å². The first-order valence-electron chi connectivity index (χ1n) is 5.77. The Morgan fingerprint density at radius 3 is 2.53 bits per heavy atom. The second-order valence-corrected chi connectivity index (χ2v) is 4.31. The Bertz CT molecular complexity index is 480. The number of aryl methyl sites for hydroxylation is 1. The maximum atomic E-state index is 6.38. The van der Waals surface area contributed by atoms with Crippen molar-refractivity contribution in [2.45, 2.75) is 32.2 Å². The molecule has 2 N–H and O–H groups in total. The zero-order valence-electron chi connectivity index (χ0n) is 10.2. The van der Waals surface area contributed by atoms with Crippen LogP contribution in [0.3, 0.4) is 0 Å². The first kappa shape index (κ1) is 11.8. The van der Waals surface area contributed by atoms with E-state index in [0.717, 1.165) is 6.42 Å². The fourth-order valence-electron chi connectivity index (χ4n) is 1.82. The van der Waals surface area contributed by atoms with Crippen molar-refractivity contribution < 1.29 is 4.52 Å². The molecule has 0 saturated heterocycles. The number of hydrogen-bond acceptors (Lipinski definition) is 4. The molecule has 0 bridgehead atoms. The summed E-state index contributed by atoms with van der Waals surface area (Å²) in [7, 11) is 0. The number of hydrogen-bond donors (Lipinski definition) is 1. The Hall–Kier alpha value is -1.68. The second kappa shape index (κ2) is 4.67. The summed E-state index contributed by atoms with van der Waals surface area (Å²) in [6, 6.07) is 10.1. The van der Waals surface area contributed by atoms with Crippen LogP contribution >= 0.6 is 0 Å². The summed E-state index contributed by atoms with van der Waals surface area (Å²) in [5.74, 6) is 1.14. The van der Waals surface area contributed by atoms with Crippen molar-refractivity contribution in [3.8, 4) is 0 Å². The molecule has 0 spiro atoms. The maximum absolute atomic E-state index is 6.38. The second-order valence-electron chi connectivity index (χ2n) is 4.31. The number of aromatic nitrogens is 2. The lowest BCUT2D eigenvalue weighted by Crippen LogP contribution is -2.39. The van der Waals surface area contributed by atoms with Gasteiger partial charge >= 0.3 is 0 Å². The van der Waals surface area contributed by atoms with Crippen LogP contribution in [0.2, 0.25) is 0 Å². The number of nitrogens with two attached hydrogens (primary N) is 1. The first-order chi connectivity index (χ1) is 8.14. The van der Waals surface area contributed by atoms with Crippen molar-refractivity contribution in [1.29, 1.82) is 0 Å². The molecular weight excluding hydrogens is 214 g/mol. The molecule has 1 heterocycles. The molecule has 4 nitrogen and oxygen atoms in total. The molecule has 0 saturated carbocycles. The van der Waals surface area contributed by atoms with Crippen LogP contribution in [0.5, 0.6) is 0 Å². The zero-order chi connectivity index (χ0) is 12.3. The lowest BCUT2D eigenvalue weighted by atomic mass is 9.88. The van der Waals surface area contributed by atoms with Gasteiger partial charge in [-0.05, 0) is 18.4 Å². The van der Waals surface area contributed by atoms with Gasteiger partial charge in [-0.2, -0.15) is 4.98 Å². The predicted octanol–water partition coefficient (Wildman–Crippen LogP) is 2.18. The lowest BCUT2D eigenvalue weighted by Gasteiger charge is -2.24. The standard InChI is InChI=1S/C13H17N3O/c1-3-13(14,12-15-10(2)17-16-12)9-11-7-5-4-6-8-11/h4-8H,3,9,14H2,1-2H3. The minimum Gasteiger partial charge on any atom is -0.340 e. The lowest BCUT2D eigenvalue weighted by molar-refractivity contribution is 0.345. The first-order valence-corrected chi connectivity index (χ1v) is 5.77. The van der Waals surface area contributed by atoms with Gasteiger partial charge in [0.2, 0.25) is 5.89 Å². The van der Waals surface area contributed by atoms with Crippen LogP contribution in [0.1, 0.15) is 30.6 Å². The van der Waals surface area contributed by atoms with Crippen molar-refractivity contribution in [2.75, 3.05) is 0 Å². The molecule has 2 rings (SSSR count). The number of nitrogens with zero attached hydrogens (tertiary/aromatic N) is 2. The minimum atomic E-state index is -0.556. The van der Waals surface area contributed by atoms with Crippen LogP contribution in [0, 0.1) is 6.92 Å². The van der Waals surface area contributed by atoms with Crippen LogP contribution in [0.25, 0.3) is 0 Å². The largest absolute Gasteiger partial charge is 0.340 e. The molecule has 0 amide bonds. The molecule has 17 heavy (non-hydrogen) atoms. The van der Waals surface area contributed by atoms with E-state index in [2.05, 4.69) is 22.3 Å². The number of rotatable bonds is 4. The molecule has 1 aromatic carbocycles. The van der Waals surface area contributed by atoms with Gasteiger partial charge in [-0.25, -0.2) is 0 Å². The highest BCUT2D eigenvalue weighted by molar-refractivity contribution is 5.20. The van der Waals surface area contributed by atoms with Crippen LogP contribution in [-0.4, -0.2) is 10.1 Å². The fourth-order valence-corrected chi connectivity index (χ4v) is 1.82. The number of benzene rings is 1. The minimum absolute atomic E-state index is 0.552. The molecule has 0 aliphatic rings. The van der Waals surface area contributed by atoms with E-state index in [-0.39, 0.29) is 0 Å². The topological polar surface area (TPSA) is 64.9 Å². The highest BCUT2D eigenvalue weighted by Gasteiger charge is 2.30. The van der Waals surface area contributed by atoms with Crippen LogP contribution < -0.4 is 5.73 Å². The summed E-state index contributed by atoms with van der Waals surface area (Å²) in [4.78, 5) is 4.25. The summed E-state index contributed by atoms with van der Waals surface area (Å²) in [5.41, 5.74) is 7.00. The molecule has 1 unspecified atom stereocenters. The Balaban J connectivity index is 2.26. The Labute approximate surface area is 101 Å². The maximum Gasteiger partial charge on any atom is 0.223 e. The van der Waals surface area contributed by atoms with Gasteiger partial charge in [0.1, 0.15) is 0 Å². The van der Waals surface area contributed by atoms with Crippen molar-refractivity contribution in [2.24, 2.45) is 5.73 Å². The Morgan fingerprint density at radius 1 is 1.29 bits per heavy atom. The highest BCUT2D eigenvalue weighted by atomic mass is 16.5. The quantitative estimate of drug-likeness (QED) is 0.876. The van der Waals surface area contributed by atoms with Gasteiger partial charge in [0, 0.05) is 6.92 Å². The van der Waals surface area contributed by atoms with E-state index in [0.29, 0.717) is 18.1 Å². The zero-order valence-corrected chi connectivity index (χ0v) is 10.2. The average Bonchev–Trinajstić information content (AvgIpc) is 2.78. The van der Waals surface area contributed by atoms with Crippen LogP contribution in [-0.2, 0) is 12.0 Å². The third-order valence-corrected chi connectivity index (χ3v) is 2.97. The van der Waals surface area contributed by atoms with Crippen molar-refractivity contribution in [3.05, 3.63) is 47.6 Å². The summed E-state index contributed by atoms with van der Waals surface area (Å²) >= 11 is 0. The third kappa shape index (κ3) is 2.53. The van der Waals surface area contributed by atoms with E-state index in [1.807, 2.05) is 25.1 Å². The molecule has 0 aliphatic heterocycles. The smallest absolute Gasteiger partial charge is 0.223 e. The molecule has 0 fully saturated rings. The summed E-state index contributed by atoms with van der Waals surface area (Å²) in [5, 5.41) is 3.94. The predicted molar refractivity (Wildman–Crippen MR) is 65.3 cm³/mol. The fraction of sp³-hybridized carbons (Fsp3) is 0.385. The summed E-state index contributed by atoms with van der Waals surface area (Å²) < 4.78 is 5.01. The van der Waals surface area contributed by atoms with Crippen LogP contribution in [0.4, 0.5) is 0 Å². The molecule has 2 aromatic rings. The van der Waals surface area contributed by atoms with Gasteiger partial charge in [0.05, 0.1) is 5.54 Å². The van der Waals surface area contributed by atoms with Crippen molar-refractivity contribution >= 4 is 0 Å². The Kier molecular flexibility index (Phi) is 3.24. The van der Waals surface area contributed by atoms with E-state index < -0.39 is 5.54 Å². The van der Waals surface area contributed by atoms with E-state index in [4.69, 9.17) is 10.3 Å². The van der Waals surface area contributed by atoms with Gasteiger partial charge in [0.25, 0.3) is 0 Å². The molecule has 1 aromatic heterocycles. The third-order valence-electron chi connectivity index (χ3n) is 2.97. The van der Waals surface area contributed by atoms with E-state index in [1.54, 1.807) is 6.92 Å². The van der Waals surface area contributed by atoms with Crippen LogP contribution in [0.15, 0.2) is 34.9 Å². The SMILES string of the molecule is CCC(N)(Cc1ccccc1)c1noc(C)n1. The van der Waals surface area contributed by atoms with Gasteiger partial charge in [-0.3, -0.25) is 0 Å². The van der Waals surface area contributed by atoms with Crippen molar-refractivity contribution in [1.82, 2.24) is 10.1 Å². The van der Waals surface area contributed by atoms with Gasteiger partial charge in [-0.1, -0.05) is 42.4 Å². The highest BCUT2D eigenvalue weighted by Crippen LogP contribution is 2.24. The average molecular weight is 231 g/mol. The van der Waals surface area contributed by atoms with E-state index >= 15 is 0 Å². The summed E-state index contributed by atoms with van der Waals surface area (Å²) in [6.07, 6.45) is 1.48. The van der Waals surface area contributed by atoms with Gasteiger partial charge < -0.3 is 10.3 Å². The monoisotopic (exact) mass is 231 g/mol. The van der Waals surface area contributed by atoms with Gasteiger partial charge in [0.15, 0.2) is 5.82 Å². The molecule has 0 aliphatic carbocycles. The van der Waals surface area contributed by atoms with E-state index in [9.17, 15) is 0 Å². The molecule has 0 radical (unpaired) electrons.